The van der Waals surface area contributed by atoms with Gasteiger partial charge < -0.3 is 0 Å². The molecule has 5 heteroatoms. The topological polar surface area (TPSA) is 36.4 Å². The highest BCUT2D eigenvalue weighted by atomic mass is 32.1. The lowest BCUT2D eigenvalue weighted by atomic mass is 9.81. The summed E-state index contributed by atoms with van der Waals surface area (Å²) in [5.74, 6) is 0.0674. The van der Waals surface area contributed by atoms with Gasteiger partial charge in [-0.25, -0.2) is 4.98 Å². The molecule has 2 aromatic carbocycles. The third kappa shape index (κ3) is 4.05. The number of carbonyl (C=O) groups is 1. The van der Waals surface area contributed by atoms with Crippen LogP contribution >= 0.6 is 11.3 Å². The summed E-state index contributed by atoms with van der Waals surface area (Å²) >= 11 is 1.68. The zero-order chi connectivity index (χ0) is 21.1. The lowest BCUT2D eigenvalue weighted by Crippen LogP contribution is -2.57. The van der Waals surface area contributed by atoms with E-state index in [0.717, 1.165) is 42.3 Å². The van der Waals surface area contributed by atoms with Crippen molar-refractivity contribution in [1.82, 2.24) is 9.88 Å². The number of hydrogen-bond acceptors (Lipinski definition) is 4. The molecule has 30 heavy (non-hydrogen) atoms. The van der Waals surface area contributed by atoms with Crippen molar-refractivity contribution in [1.29, 1.82) is 0 Å². The van der Waals surface area contributed by atoms with Crippen molar-refractivity contribution in [3.8, 4) is 0 Å². The van der Waals surface area contributed by atoms with Crippen LogP contribution in [0.25, 0.3) is 0 Å². The van der Waals surface area contributed by atoms with Gasteiger partial charge in [0.2, 0.25) is 5.91 Å². The molecule has 4 nitrogen and oxygen atoms in total. The summed E-state index contributed by atoms with van der Waals surface area (Å²) in [4.78, 5) is 22.4. The average molecular weight is 420 g/mol. The Morgan fingerprint density at radius 2 is 1.83 bits per heavy atom. The Bertz CT molecular complexity index is 988. The summed E-state index contributed by atoms with van der Waals surface area (Å²) in [5.41, 5.74) is 2.87. The Morgan fingerprint density at radius 3 is 2.40 bits per heavy atom. The highest BCUT2D eigenvalue weighted by Gasteiger charge is 2.48. The Labute approximate surface area is 183 Å². The molecule has 0 radical (unpaired) electrons. The molecule has 4 rings (SSSR count). The Hall–Kier alpha value is -2.50. The minimum Gasteiger partial charge on any atom is -0.300 e. The van der Waals surface area contributed by atoms with Gasteiger partial charge in [-0.05, 0) is 44.4 Å². The van der Waals surface area contributed by atoms with Gasteiger partial charge in [0.15, 0.2) is 0 Å². The van der Waals surface area contributed by atoms with Gasteiger partial charge in [0.25, 0.3) is 0 Å². The number of nitrogens with zero attached hydrogens (tertiary/aromatic N) is 3. The van der Waals surface area contributed by atoms with Crippen molar-refractivity contribution >= 4 is 22.9 Å². The number of piperidine rings is 1. The summed E-state index contributed by atoms with van der Waals surface area (Å²) in [7, 11) is 0. The number of carbonyl (C=O) groups excluding carboxylic acids is 1. The smallest absolute Gasteiger partial charge is 0.224 e. The number of likely N-dealkylation sites (tertiary alicyclic amines) is 1. The second-order valence-electron chi connectivity index (χ2n) is 8.27. The molecule has 2 unspecified atom stereocenters. The zero-order valence-electron chi connectivity index (χ0n) is 17.9. The molecule has 0 bridgehead atoms. The first-order valence-electron chi connectivity index (χ1n) is 10.6. The molecule has 2 atom stereocenters. The van der Waals surface area contributed by atoms with Gasteiger partial charge in [0.05, 0.1) is 0 Å². The molecule has 1 aromatic heterocycles. The van der Waals surface area contributed by atoms with Crippen LogP contribution in [0.2, 0.25) is 0 Å². The van der Waals surface area contributed by atoms with Gasteiger partial charge in [-0.3, -0.25) is 14.6 Å². The summed E-state index contributed by atoms with van der Waals surface area (Å²) < 4.78 is 0. The molecular formula is C25H29N3OS. The van der Waals surface area contributed by atoms with E-state index in [-0.39, 0.29) is 5.91 Å². The number of amides is 1. The summed E-state index contributed by atoms with van der Waals surface area (Å²) in [6.45, 7) is 7.84. The van der Waals surface area contributed by atoms with Crippen LogP contribution in [0.5, 0.6) is 0 Å². The Balaban J connectivity index is 1.70. The van der Waals surface area contributed by atoms with Crippen molar-refractivity contribution in [2.45, 2.75) is 51.7 Å². The number of benzene rings is 2. The van der Waals surface area contributed by atoms with Crippen LogP contribution in [0.3, 0.4) is 0 Å². The first-order chi connectivity index (χ1) is 14.5. The second-order valence-corrected chi connectivity index (χ2v) is 9.13. The molecule has 2 heterocycles. The standard InChI is InChI=1S/C25H29N3OS/c1-19-18-30-24(26-19)25(28(21(3)29)23-12-8-5-9-13-23)14-15-27(20(2)16-25)17-22-10-6-4-7-11-22/h4-13,18,20H,14-17H2,1-3H3. The van der Waals surface area contributed by atoms with Gasteiger partial charge in [0, 0.05) is 42.8 Å². The quantitative estimate of drug-likeness (QED) is 0.557. The van der Waals surface area contributed by atoms with Crippen LogP contribution in [0.1, 0.15) is 43.0 Å². The fraction of sp³-hybridized carbons (Fsp3) is 0.360. The number of thiazole rings is 1. The van der Waals surface area contributed by atoms with E-state index in [4.69, 9.17) is 4.98 Å². The van der Waals surface area contributed by atoms with Crippen molar-refractivity contribution in [2.75, 3.05) is 11.4 Å². The maximum absolute atomic E-state index is 13.0. The molecule has 1 aliphatic heterocycles. The predicted octanol–water partition coefficient (Wildman–Crippen LogP) is 5.38. The number of rotatable bonds is 5. The van der Waals surface area contributed by atoms with E-state index in [9.17, 15) is 4.79 Å². The lowest BCUT2D eigenvalue weighted by Gasteiger charge is -2.50. The first-order valence-corrected chi connectivity index (χ1v) is 11.4. The molecule has 3 aromatic rings. The fourth-order valence-electron chi connectivity index (χ4n) is 4.69. The third-order valence-corrected chi connectivity index (χ3v) is 7.23. The summed E-state index contributed by atoms with van der Waals surface area (Å²) in [6.07, 6.45) is 1.73. The van der Waals surface area contributed by atoms with E-state index in [1.54, 1.807) is 18.3 Å². The molecule has 0 N–H and O–H groups in total. The molecule has 0 spiro atoms. The molecular weight excluding hydrogens is 390 g/mol. The molecule has 1 fully saturated rings. The molecule has 0 aliphatic carbocycles. The summed E-state index contributed by atoms with van der Waals surface area (Å²) in [6, 6.07) is 21.0. The fourth-order valence-corrected chi connectivity index (χ4v) is 5.72. The van der Waals surface area contributed by atoms with Crippen LogP contribution in [0.15, 0.2) is 66.0 Å². The molecule has 156 valence electrons. The number of aromatic nitrogens is 1. The Kier molecular flexibility index (Phi) is 6.02. The molecule has 1 saturated heterocycles. The normalized spacial score (nSPS) is 22.0. The van der Waals surface area contributed by atoms with Crippen molar-refractivity contribution in [3.63, 3.8) is 0 Å². The second kappa shape index (κ2) is 8.70. The number of hydrogen-bond donors (Lipinski definition) is 0. The van der Waals surface area contributed by atoms with E-state index >= 15 is 0 Å². The van der Waals surface area contributed by atoms with Crippen LogP contribution in [0, 0.1) is 6.92 Å². The maximum atomic E-state index is 13.0. The van der Waals surface area contributed by atoms with Crippen molar-refractivity contribution in [2.24, 2.45) is 0 Å². The average Bonchev–Trinajstić information content (AvgIpc) is 3.18. The highest BCUT2D eigenvalue weighted by Crippen LogP contribution is 2.45. The first kappa shape index (κ1) is 20.8. The van der Waals surface area contributed by atoms with Gasteiger partial charge in [-0.1, -0.05) is 48.5 Å². The minimum atomic E-state index is -0.418. The van der Waals surface area contributed by atoms with Gasteiger partial charge in [0.1, 0.15) is 10.5 Å². The monoisotopic (exact) mass is 419 g/mol. The zero-order valence-corrected chi connectivity index (χ0v) is 18.7. The van der Waals surface area contributed by atoms with Crippen LogP contribution in [-0.2, 0) is 16.9 Å². The van der Waals surface area contributed by atoms with E-state index in [0.29, 0.717) is 6.04 Å². The maximum Gasteiger partial charge on any atom is 0.224 e. The number of anilines is 1. The molecule has 1 aliphatic rings. The van der Waals surface area contributed by atoms with Crippen LogP contribution in [-0.4, -0.2) is 28.4 Å². The van der Waals surface area contributed by atoms with E-state index < -0.39 is 5.54 Å². The van der Waals surface area contributed by atoms with Gasteiger partial charge >= 0.3 is 0 Å². The SMILES string of the molecule is CC(=O)N(c1ccccc1)C1(c2nc(C)cs2)CCN(Cc2ccccc2)C(C)C1. The van der Waals surface area contributed by atoms with Crippen LogP contribution in [0.4, 0.5) is 5.69 Å². The van der Waals surface area contributed by atoms with Crippen LogP contribution < -0.4 is 4.90 Å². The number of para-hydroxylation sites is 1. The van der Waals surface area contributed by atoms with Crippen molar-refractivity contribution < 1.29 is 4.79 Å². The van der Waals surface area contributed by atoms with Crippen molar-refractivity contribution in [3.05, 3.63) is 82.3 Å². The van der Waals surface area contributed by atoms with E-state index in [1.165, 1.54) is 5.56 Å². The lowest BCUT2D eigenvalue weighted by molar-refractivity contribution is -0.118. The highest BCUT2D eigenvalue weighted by molar-refractivity contribution is 7.09. The predicted molar refractivity (Wildman–Crippen MR) is 124 cm³/mol. The number of aryl methyl sites for hydroxylation is 1. The minimum absolute atomic E-state index is 0.0674. The van der Waals surface area contributed by atoms with E-state index in [1.807, 2.05) is 42.2 Å². The van der Waals surface area contributed by atoms with Gasteiger partial charge in [-0.15, -0.1) is 11.3 Å². The summed E-state index contributed by atoms with van der Waals surface area (Å²) in [5, 5.41) is 3.15. The Morgan fingerprint density at radius 1 is 1.17 bits per heavy atom. The third-order valence-electron chi connectivity index (χ3n) is 6.07. The van der Waals surface area contributed by atoms with Gasteiger partial charge in [-0.2, -0.15) is 0 Å². The molecule has 1 amide bonds. The largest absolute Gasteiger partial charge is 0.300 e. The van der Waals surface area contributed by atoms with E-state index in [2.05, 4.69) is 47.5 Å². The molecule has 0 saturated carbocycles.